The second-order valence-corrected chi connectivity index (χ2v) is 6.88. The van der Waals surface area contributed by atoms with E-state index in [0.29, 0.717) is 0 Å². The van der Waals surface area contributed by atoms with Crippen molar-refractivity contribution in [1.29, 1.82) is 0 Å². The van der Waals surface area contributed by atoms with Crippen LogP contribution >= 0.6 is 11.3 Å². The van der Waals surface area contributed by atoms with E-state index in [-0.39, 0.29) is 12.6 Å². The molecule has 0 bridgehead atoms. The number of hydrogen-bond donors (Lipinski definition) is 3. The molecule has 1 unspecified atom stereocenters. The van der Waals surface area contributed by atoms with E-state index in [0.717, 1.165) is 29.9 Å². The van der Waals surface area contributed by atoms with Crippen LogP contribution in [0.1, 0.15) is 30.1 Å². The Kier molecular flexibility index (Phi) is 5.37. The van der Waals surface area contributed by atoms with Crippen LogP contribution in [0.4, 0.5) is 16.2 Å². The molecule has 0 saturated carbocycles. The first-order valence-electron chi connectivity index (χ1n) is 8.24. The standard InChI is InChI=1S/C18H23N3O2S/c1-13-10-15(21-7-2-3-8-21)4-5-16(13)20-18(23)19-11-17(22)14-6-9-24-12-14/h4-6,9-10,12,17,22H,2-3,7-8,11H2,1H3,(H2,19,20,23). The summed E-state index contributed by atoms with van der Waals surface area (Å²) >= 11 is 1.53. The van der Waals surface area contributed by atoms with Gasteiger partial charge in [0, 0.05) is 31.0 Å². The lowest BCUT2D eigenvalue weighted by Crippen LogP contribution is -2.32. The van der Waals surface area contributed by atoms with Crippen molar-refractivity contribution in [2.24, 2.45) is 0 Å². The van der Waals surface area contributed by atoms with Crippen LogP contribution in [-0.4, -0.2) is 30.8 Å². The van der Waals surface area contributed by atoms with Crippen molar-refractivity contribution < 1.29 is 9.90 Å². The molecule has 0 aliphatic carbocycles. The van der Waals surface area contributed by atoms with Crippen LogP contribution in [0.2, 0.25) is 0 Å². The molecule has 1 aromatic heterocycles. The summed E-state index contributed by atoms with van der Waals surface area (Å²) in [6.07, 6.45) is 1.81. The second-order valence-electron chi connectivity index (χ2n) is 6.10. The predicted octanol–water partition coefficient (Wildman–Crippen LogP) is 3.51. The van der Waals surface area contributed by atoms with Crippen molar-refractivity contribution >= 4 is 28.7 Å². The molecule has 0 radical (unpaired) electrons. The zero-order valence-corrected chi connectivity index (χ0v) is 14.6. The molecule has 0 spiro atoms. The number of aryl methyl sites for hydroxylation is 1. The van der Waals surface area contributed by atoms with Gasteiger partial charge in [0.2, 0.25) is 0 Å². The number of nitrogens with one attached hydrogen (secondary N) is 2. The molecule has 3 rings (SSSR count). The smallest absolute Gasteiger partial charge is 0.319 e. The summed E-state index contributed by atoms with van der Waals surface area (Å²) in [6, 6.07) is 7.66. The first-order chi connectivity index (χ1) is 11.6. The number of rotatable bonds is 5. The van der Waals surface area contributed by atoms with Crippen LogP contribution < -0.4 is 15.5 Å². The molecule has 1 aliphatic heterocycles. The maximum absolute atomic E-state index is 12.0. The zero-order valence-electron chi connectivity index (χ0n) is 13.8. The average Bonchev–Trinajstić information content (AvgIpc) is 3.27. The number of thiophene rings is 1. The number of benzene rings is 1. The minimum absolute atomic E-state index is 0.188. The van der Waals surface area contributed by atoms with Gasteiger partial charge in [-0.2, -0.15) is 11.3 Å². The molecular weight excluding hydrogens is 322 g/mol. The Balaban J connectivity index is 1.54. The molecule has 24 heavy (non-hydrogen) atoms. The van der Waals surface area contributed by atoms with Crippen LogP contribution in [0, 0.1) is 6.92 Å². The number of aliphatic hydroxyl groups excluding tert-OH is 1. The quantitative estimate of drug-likeness (QED) is 0.777. The van der Waals surface area contributed by atoms with Gasteiger partial charge in [0.05, 0.1) is 6.10 Å². The predicted molar refractivity (Wildman–Crippen MR) is 98.9 cm³/mol. The van der Waals surface area contributed by atoms with Crippen molar-refractivity contribution in [2.45, 2.75) is 25.9 Å². The van der Waals surface area contributed by atoms with E-state index < -0.39 is 6.10 Å². The summed E-state index contributed by atoms with van der Waals surface area (Å²) in [4.78, 5) is 14.4. The molecule has 2 heterocycles. The zero-order chi connectivity index (χ0) is 16.9. The number of anilines is 2. The Morgan fingerprint density at radius 1 is 1.33 bits per heavy atom. The van der Waals surface area contributed by atoms with Crippen LogP contribution in [0.25, 0.3) is 0 Å². The number of hydrogen-bond acceptors (Lipinski definition) is 4. The number of carbonyl (C=O) groups is 1. The SMILES string of the molecule is Cc1cc(N2CCCC2)ccc1NC(=O)NCC(O)c1ccsc1. The van der Waals surface area contributed by atoms with Crippen molar-refractivity contribution in [3.8, 4) is 0 Å². The van der Waals surface area contributed by atoms with E-state index in [1.54, 1.807) is 0 Å². The molecule has 1 aromatic carbocycles. The molecule has 1 fully saturated rings. The average molecular weight is 345 g/mol. The highest BCUT2D eigenvalue weighted by atomic mass is 32.1. The van der Waals surface area contributed by atoms with Gasteiger partial charge < -0.3 is 20.6 Å². The van der Waals surface area contributed by atoms with Gasteiger partial charge in [-0.25, -0.2) is 4.79 Å². The lowest BCUT2D eigenvalue weighted by molar-refractivity contribution is 0.175. The fraction of sp³-hybridized carbons (Fsp3) is 0.389. The summed E-state index contributed by atoms with van der Waals surface area (Å²) in [5, 5.41) is 19.3. The third-order valence-electron chi connectivity index (χ3n) is 4.31. The Morgan fingerprint density at radius 2 is 2.12 bits per heavy atom. The lowest BCUT2D eigenvalue weighted by atomic mass is 10.1. The third-order valence-corrected chi connectivity index (χ3v) is 5.01. The minimum Gasteiger partial charge on any atom is -0.387 e. The Labute approximate surface area is 146 Å². The molecular formula is C18H23N3O2S. The summed E-state index contributed by atoms with van der Waals surface area (Å²) in [5.74, 6) is 0. The molecule has 2 amide bonds. The summed E-state index contributed by atoms with van der Waals surface area (Å²) < 4.78 is 0. The number of aliphatic hydroxyl groups is 1. The summed E-state index contributed by atoms with van der Waals surface area (Å²) in [5.41, 5.74) is 3.86. The summed E-state index contributed by atoms with van der Waals surface area (Å²) in [7, 11) is 0. The minimum atomic E-state index is -0.680. The van der Waals surface area contributed by atoms with Crippen molar-refractivity contribution in [3.63, 3.8) is 0 Å². The van der Waals surface area contributed by atoms with Crippen LogP contribution in [0.5, 0.6) is 0 Å². The maximum atomic E-state index is 12.0. The van der Waals surface area contributed by atoms with Gasteiger partial charge in [0.15, 0.2) is 0 Å². The number of carbonyl (C=O) groups excluding carboxylic acids is 1. The second kappa shape index (κ2) is 7.68. The normalized spacial score (nSPS) is 15.3. The molecule has 128 valence electrons. The van der Waals surface area contributed by atoms with Gasteiger partial charge in [-0.3, -0.25) is 0 Å². The van der Waals surface area contributed by atoms with Gasteiger partial charge in [-0.15, -0.1) is 0 Å². The van der Waals surface area contributed by atoms with E-state index in [1.165, 1.54) is 29.9 Å². The largest absolute Gasteiger partial charge is 0.387 e. The van der Waals surface area contributed by atoms with Crippen molar-refractivity contribution in [2.75, 3.05) is 29.9 Å². The Bertz CT molecular complexity index is 682. The van der Waals surface area contributed by atoms with E-state index in [1.807, 2.05) is 35.9 Å². The third kappa shape index (κ3) is 4.07. The highest BCUT2D eigenvalue weighted by Gasteiger charge is 2.14. The van der Waals surface area contributed by atoms with Gasteiger partial charge in [-0.05, 0) is 65.9 Å². The van der Waals surface area contributed by atoms with Crippen LogP contribution in [-0.2, 0) is 0 Å². The van der Waals surface area contributed by atoms with Gasteiger partial charge in [0.1, 0.15) is 0 Å². The van der Waals surface area contributed by atoms with Crippen LogP contribution in [0.3, 0.4) is 0 Å². The molecule has 3 N–H and O–H groups in total. The topological polar surface area (TPSA) is 64.6 Å². The molecule has 6 heteroatoms. The molecule has 2 aromatic rings. The monoisotopic (exact) mass is 345 g/mol. The molecule has 1 atom stereocenters. The van der Waals surface area contributed by atoms with Gasteiger partial charge in [-0.1, -0.05) is 0 Å². The van der Waals surface area contributed by atoms with Crippen molar-refractivity contribution in [1.82, 2.24) is 5.32 Å². The van der Waals surface area contributed by atoms with E-state index in [2.05, 4.69) is 21.6 Å². The maximum Gasteiger partial charge on any atom is 0.319 e. The first kappa shape index (κ1) is 16.8. The highest BCUT2D eigenvalue weighted by Crippen LogP contribution is 2.25. The first-order valence-corrected chi connectivity index (χ1v) is 9.18. The Hall–Kier alpha value is -2.05. The van der Waals surface area contributed by atoms with Crippen LogP contribution in [0.15, 0.2) is 35.0 Å². The molecule has 1 aliphatic rings. The number of urea groups is 1. The van der Waals surface area contributed by atoms with E-state index in [4.69, 9.17) is 0 Å². The highest BCUT2D eigenvalue weighted by molar-refractivity contribution is 7.07. The summed E-state index contributed by atoms with van der Waals surface area (Å²) in [6.45, 7) is 4.39. The fourth-order valence-corrected chi connectivity index (χ4v) is 3.61. The fourth-order valence-electron chi connectivity index (χ4n) is 2.90. The van der Waals surface area contributed by atoms with Gasteiger partial charge >= 0.3 is 6.03 Å². The number of amides is 2. The number of nitrogens with zero attached hydrogens (tertiary/aromatic N) is 1. The van der Waals surface area contributed by atoms with Gasteiger partial charge in [0.25, 0.3) is 0 Å². The molecule has 5 nitrogen and oxygen atoms in total. The lowest BCUT2D eigenvalue weighted by Gasteiger charge is -2.19. The van der Waals surface area contributed by atoms with Crippen molar-refractivity contribution in [3.05, 3.63) is 46.2 Å². The molecule has 1 saturated heterocycles. The van der Waals surface area contributed by atoms with E-state index in [9.17, 15) is 9.90 Å². The Morgan fingerprint density at radius 3 is 2.79 bits per heavy atom. The van der Waals surface area contributed by atoms with E-state index >= 15 is 0 Å².